The molecule has 0 bridgehead atoms. The molecule has 0 aliphatic rings. The standard InChI is InChI=1S/C20H18FN3O3/c1-13(14-3-7-16(26-2)8-4-14)24-19(25)18-11-22-12-23-20(18)27-17-9-5-15(21)6-10-17/h3-13H,1-2H3,(H,24,25)/t13-/m0/s1. The topological polar surface area (TPSA) is 73.3 Å². The van der Waals surface area contributed by atoms with Crippen LogP contribution in [0.2, 0.25) is 0 Å². The van der Waals surface area contributed by atoms with E-state index in [1.165, 1.54) is 36.8 Å². The number of methoxy groups -OCH3 is 1. The van der Waals surface area contributed by atoms with Crippen LogP contribution in [0.25, 0.3) is 0 Å². The Balaban J connectivity index is 1.75. The van der Waals surface area contributed by atoms with E-state index in [0.29, 0.717) is 5.75 Å². The number of nitrogens with one attached hydrogen (secondary N) is 1. The van der Waals surface area contributed by atoms with E-state index in [2.05, 4.69) is 15.3 Å². The van der Waals surface area contributed by atoms with Crippen LogP contribution < -0.4 is 14.8 Å². The van der Waals surface area contributed by atoms with Crippen LogP contribution in [0.3, 0.4) is 0 Å². The molecule has 1 N–H and O–H groups in total. The van der Waals surface area contributed by atoms with Crippen molar-refractivity contribution in [3.05, 3.63) is 78.0 Å². The highest BCUT2D eigenvalue weighted by atomic mass is 19.1. The highest BCUT2D eigenvalue weighted by Crippen LogP contribution is 2.24. The van der Waals surface area contributed by atoms with Crippen LogP contribution in [0.15, 0.2) is 61.1 Å². The summed E-state index contributed by atoms with van der Waals surface area (Å²) in [5.74, 6) is 0.444. The number of benzene rings is 2. The number of carbonyl (C=O) groups excluding carboxylic acids is 1. The summed E-state index contributed by atoms with van der Waals surface area (Å²) >= 11 is 0. The Bertz CT molecular complexity index is 915. The second-order valence-electron chi connectivity index (χ2n) is 5.77. The monoisotopic (exact) mass is 367 g/mol. The van der Waals surface area contributed by atoms with E-state index in [4.69, 9.17) is 9.47 Å². The average molecular weight is 367 g/mol. The third kappa shape index (κ3) is 4.58. The van der Waals surface area contributed by atoms with Crippen LogP contribution >= 0.6 is 0 Å². The molecule has 3 aromatic rings. The molecule has 138 valence electrons. The number of amides is 1. The van der Waals surface area contributed by atoms with Gasteiger partial charge in [-0.3, -0.25) is 4.79 Å². The molecule has 1 atom stereocenters. The summed E-state index contributed by atoms with van der Waals surface area (Å²) in [5.41, 5.74) is 1.10. The molecule has 1 heterocycles. The molecule has 0 spiro atoms. The first-order valence-electron chi connectivity index (χ1n) is 8.25. The van der Waals surface area contributed by atoms with E-state index >= 15 is 0 Å². The van der Waals surface area contributed by atoms with Crippen molar-refractivity contribution in [1.29, 1.82) is 0 Å². The predicted octanol–water partition coefficient (Wildman–Crippen LogP) is 3.91. The number of aromatic nitrogens is 2. The summed E-state index contributed by atoms with van der Waals surface area (Å²) in [5, 5.41) is 2.89. The van der Waals surface area contributed by atoms with Crippen LogP contribution in [0.5, 0.6) is 17.4 Å². The lowest BCUT2D eigenvalue weighted by atomic mass is 10.1. The zero-order chi connectivity index (χ0) is 19.2. The first-order chi connectivity index (χ1) is 13.1. The quantitative estimate of drug-likeness (QED) is 0.715. The summed E-state index contributed by atoms with van der Waals surface area (Å²) in [6, 6.07) is 12.6. The van der Waals surface area contributed by atoms with Crippen molar-refractivity contribution >= 4 is 5.91 Å². The predicted molar refractivity (Wildman–Crippen MR) is 97.4 cm³/mol. The fourth-order valence-electron chi connectivity index (χ4n) is 2.42. The van der Waals surface area contributed by atoms with Crippen LogP contribution in [-0.4, -0.2) is 23.0 Å². The molecule has 27 heavy (non-hydrogen) atoms. The zero-order valence-corrected chi connectivity index (χ0v) is 14.8. The lowest BCUT2D eigenvalue weighted by Gasteiger charge is -2.16. The van der Waals surface area contributed by atoms with E-state index in [9.17, 15) is 9.18 Å². The number of nitrogens with zero attached hydrogens (tertiary/aromatic N) is 2. The van der Waals surface area contributed by atoms with Gasteiger partial charge in [-0.1, -0.05) is 12.1 Å². The highest BCUT2D eigenvalue weighted by Gasteiger charge is 2.18. The second kappa shape index (κ2) is 8.27. The van der Waals surface area contributed by atoms with Crippen LogP contribution in [0, 0.1) is 5.82 Å². The molecule has 2 aromatic carbocycles. The van der Waals surface area contributed by atoms with Crippen molar-refractivity contribution < 1.29 is 18.7 Å². The van der Waals surface area contributed by atoms with Crippen molar-refractivity contribution in [2.24, 2.45) is 0 Å². The molecule has 3 rings (SSSR count). The lowest BCUT2D eigenvalue weighted by molar-refractivity contribution is 0.0936. The summed E-state index contributed by atoms with van der Waals surface area (Å²) < 4.78 is 23.8. The average Bonchev–Trinajstić information content (AvgIpc) is 2.70. The van der Waals surface area contributed by atoms with Gasteiger partial charge in [0.2, 0.25) is 5.88 Å². The Morgan fingerprint density at radius 3 is 2.41 bits per heavy atom. The molecule has 0 aliphatic carbocycles. The van der Waals surface area contributed by atoms with E-state index in [1.54, 1.807) is 7.11 Å². The Labute approximate surface area is 156 Å². The van der Waals surface area contributed by atoms with E-state index in [1.807, 2.05) is 31.2 Å². The molecular formula is C20H18FN3O3. The summed E-state index contributed by atoms with van der Waals surface area (Å²) in [4.78, 5) is 20.6. The number of ether oxygens (including phenoxy) is 2. The summed E-state index contributed by atoms with van der Waals surface area (Å²) in [6.07, 6.45) is 2.66. The number of halogens is 1. The Morgan fingerprint density at radius 2 is 1.74 bits per heavy atom. The third-order valence-corrected chi connectivity index (χ3v) is 3.91. The lowest BCUT2D eigenvalue weighted by Crippen LogP contribution is -2.27. The zero-order valence-electron chi connectivity index (χ0n) is 14.8. The Hall–Kier alpha value is -3.48. The summed E-state index contributed by atoms with van der Waals surface area (Å²) in [6.45, 7) is 1.87. The van der Waals surface area contributed by atoms with Gasteiger partial charge >= 0.3 is 0 Å². The normalized spacial score (nSPS) is 11.5. The van der Waals surface area contributed by atoms with Crippen molar-refractivity contribution in [2.75, 3.05) is 7.11 Å². The molecule has 0 fully saturated rings. The smallest absolute Gasteiger partial charge is 0.258 e. The Kier molecular flexibility index (Phi) is 5.61. The van der Waals surface area contributed by atoms with Gasteiger partial charge in [-0.15, -0.1) is 0 Å². The maximum Gasteiger partial charge on any atom is 0.258 e. The van der Waals surface area contributed by atoms with Gasteiger partial charge in [0.05, 0.1) is 13.2 Å². The molecule has 6 nitrogen and oxygen atoms in total. The van der Waals surface area contributed by atoms with E-state index in [-0.39, 0.29) is 29.2 Å². The third-order valence-electron chi connectivity index (χ3n) is 3.91. The van der Waals surface area contributed by atoms with Crippen molar-refractivity contribution in [3.8, 4) is 17.4 Å². The minimum atomic E-state index is -0.379. The summed E-state index contributed by atoms with van der Waals surface area (Å²) in [7, 11) is 1.60. The maximum absolute atomic E-state index is 13.0. The number of rotatable bonds is 6. The molecule has 0 aliphatic heterocycles. The van der Waals surface area contributed by atoms with Gasteiger partial charge in [0.15, 0.2) is 0 Å². The maximum atomic E-state index is 13.0. The molecule has 0 unspecified atom stereocenters. The molecule has 0 saturated heterocycles. The minimum absolute atomic E-state index is 0.0936. The van der Waals surface area contributed by atoms with Gasteiger partial charge in [0.25, 0.3) is 5.91 Å². The molecule has 1 amide bonds. The van der Waals surface area contributed by atoms with Gasteiger partial charge in [-0.2, -0.15) is 0 Å². The van der Waals surface area contributed by atoms with E-state index < -0.39 is 0 Å². The van der Waals surface area contributed by atoms with Crippen molar-refractivity contribution in [2.45, 2.75) is 13.0 Å². The van der Waals surface area contributed by atoms with Gasteiger partial charge in [0.1, 0.15) is 29.2 Å². The van der Waals surface area contributed by atoms with Gasteiger partial charge in [-0.05, 0) is 48.9 Å². The molecular weight excluding hydrogens is 349 g/mol. The first-order valence-corrected chi connectivity index (χ1v) is 8.25. The second-order valence-corrected chi connectivity index (χ2v) is 5.77. The van der Waals surface area contributed by atoms with Crippen molar-refractivity contribution in [1.82, 2.24) is 15.3 Å². The largest absolute Gasteiger partial charge is 0.497 e. The fourth-order valence-corrected chi connectivity index (χ4v) is 2.42. The molecule has 0 saturated carbocycles. The van der Waals surface area contributed by atoms with Crippen LogP contribution in [0.1, 0.15) is 28.9 Å². The van der Waals surface area contributed by atoms with E-state index in [0.717, 1.165) is 11.3 Å². The van der Waals surface area contributed by atoms with Gasteiger partial charge in [0, 0.05) is 6.20 Å². The fraction of sp³-hybridized carbons (Fsp3) is 0.150. The minimum Gasteiger partial charge on any atom is -0.497 e. The number of hydrogen-bond acceptors (Lipinski definition) is 5. The van der Waals surface area contributed by atoms with Gasteiger partial charge in [-0.25, -0.2) is 14.4 Å². The first kappa shape index (κ1) is 18.3. The van der Waals surface area contributed by atoms with Crippen LogP contribution in [-0.2, 0) is 0 Å². The van der Waals surface area contributed by atoms with Crippen LogP contribution in [0.4, 0.5) is 4.39 Å². The SMILES string of the molecule is COc1ccc([C@H](C)NC(=O)c2cncnc2Oc2ccc(F)cc2)cc1. The molecule has 1 aromatic heterocycles. The van der Waals surface area contributed by atoms with Crippen molar-refractivity contribution in [3.63, 3.8) is 0 Å². The molecule has 7 heteroatoms. The number of hydrogen-bond donors (Lipinski definition) is 1. The highest BCUT2D eigenvalue weighted by molar-refractivity contribution is 5.96. The number of carbonyl (C=O) groups is 1. The Morgan fingerprint density at radius 1 is 1.07 bits per heavy atom. The van der Waals surface area contributed by atoms with Gasteiger partial charge < -0.3 is 14.8 Å². The molecule has 0 radical (unpaired) electrons.